The van der Waals surface area contributed by atoms with Gasteiger partial charge in [-0.25, -0.2) is 0 Å². The number of rotatable bonds is 6. The molecule has 0 radical (unpaired) electrons. The normalized spacial score (nSPS) is 20.2. The maximum absolute atomic E-state index is 5.40. The maximum Gasteiger partial charge on any atom is 0.122 e. The Bertz CT molecular complexity index is 398. The lowest BCUT2D eigenvalue weighted by atomic mass is 9.98. The van der Waals surface area contributed by atoms with Crippen molar-refractivity contribution in [1.82, 2.24) is 5.32 Å². The van der Waals surface area contributed by atoms with E-state index in [1.807, 2.05) is 12.1 Å². The highest BCUT2D eigenvalue weighted by molar-refractivity contribution is 5.33. The number of hydrogen-bond acceptors (Lipinski definition) is 2. The van der Waals surface area contributed by atoms with E-state index in [0.29, 0.717) is 17.5 Å². The second-order valence-corrected chi connectivity index (χ2v) is 5.96. The molecule has 2 heteroatoms. The molecule has 1 aliphatic rings. The molecule has 100 valence electrons. The minimum atomic E-state index is 0.480. The molecule has 2 nitrogen and oxygen atoms in total. The summed E-state index contributed by atoms with van der Waals surface area (Å²) in [4.78, 5) is 0. The van der Waals surface area contributed by atoms with Gasteiger partial charge in [-0.15, -0.1) is 0 Å². The first-order valence-electron chi connectivity index (χ1n) is 6.93. The van der Waals surface area contributed by atoms with Gasteiger partial charge in [-0.3, -0.25) is 0 Å². The lowest BCUT2D eigenvalue weighted by Crippen LogP contribution is -2.40. The fraction of sp³-hybridized carbons (Fsp3) is 0.625. The van der Waals surface area contributed by atoms with E-state index in [4.69, 9.17) is 4.74 Å². The number of nitrogens with one attached hydrogen (secondary N) is 1. The molecule has 2 unspecified atom stereocenters. The Kier molecular flexibility index (Phi) is 3.96. The zero-order chi connectivity index (χ0) is 13.2. The highest BCUT2D eigenvalue weighted by Crippen LogP contribution is 2.48. The van der Waals surface area contributed by atoms with E-state index >= 15 is 0 Å². The van der Waals surface area contributed by atoms with Crippen LogP contribution in [0.25, 0.3) is 0 Å². The average molecular weight is 247 g/mol. The summed E-state index contributed by atoms with van der Waals surface area (Å²) in [5.41, 5.74) is 1.82. The summed E-state index contributed by atoms with van der Waals surface area (Å²) in [6.45, 7) is 6.95. The van der Waals surface area contributed by atoms with Gasteiger partial charge in [-0.05, 0) is 50.2 Å². The standard InChI is InChI=1S/C16H25NO/c1-12(17-13(2)16(3)9-10-16)11-14-7-5-6-8-15(14)18-4/h5-8,12-13,17H,9-11H2,1-4H3. The Labute approximate surface area is 111 Å². The van der Waals surface area contributed by atoms with Gasteiger partial charge < -0.3 is 10.1 Å². The van der Waals surface area contributed by atoms with Crippen molar-refractivity contribution < 1.29 is 4.74 Å². The number of methoxy groups -OCH3 is 1. The van der Waals surface area contributed by atoms with Crippen LogP contribution in [0.5, 0.6) is 5.75 Å². The van der Waals surface area contributed by atoms with Crippen LogP contribution in [0.4, 0.5) is 0 Å². The third-order valence-corrected chi connectivity index (χ3v) is 4.34. The highest BCUT2D eigenvalue weighted by Gasteiger charge is 2.42. The third-order valence-electron chi connectivity index (χ3n) is 4.34. The summed E-state index contributed by atoms with van der Waals surface area (Å²) in [7, 11) is 1.74. The van der Waals surface area contributed by atoms with Crippen LogP contribution in [0, 0.1) is 5.41 Å². The number of ether oxygens (including phenoxy) is 1. The van der Waals surface area contributed by atoms with Gasteiger partial charge in [0.15, 0.2) is 0 Å². The number of para-hydroxylation sites is 1. The summed E-state index contributed by atoms with van der Waals surface area (Å²) in [5, 5.41) is 3.73. The number of hydrogen-bond donors (Lipinski definition) is 1. The Balaban J connectivity index is 1.92. The second-order valence-electron chi connectivity index (χ2n) is 5.96. The first-order chi connectivity index (χ1) is 8.55. The summed E-state index contributed by atoms with van der Waals surface area (Å²) >= 11 is 0. The van der Waals surface area contributed by atoms with Crippen LogP contribution in [0.15, 0.2) is 24.3 Å². The van der Waals surface area contributed by atoms with Gasteiger partial charge in [0.2, 0.25) is 0 Å². The van der Waals surface area contributed by atoms with E-state index in [1.54, 1.807) is 7.11 Å². The molecule has 1 fully saturated rings. The van der Waals surface area contributed by atoms with Crippen LogP contribution in [-0.4, -0.2) is 19.2 Å². The molecule has 1 aromatic rings. The van der Waals surface area contributed by atoms with Crippen molar-refractivity contribution >= 4 is 0 Å². The first-order valence-corrected chi connectivity index (χ1v) is 6.93. The molecule has 0 aliphatic heterocycles. The molecule has 18 heavy (non-hydrogen) atoms. The molecule has 1 saturated carbocycles. The average Bonchev–Trinajstić information content (AvgIpc) is 3.09. The first kappa shape index (κ1) is 13.4. The highest BCUT2D eigenvalue weighted by atomic mass is 16.5. The summed E-state index contributed by atoms with van der Waals surface area (Å²) in [5.74, 6) is 0.997. The molecule has 0 aromatic heterocycles. The molecule has 1 N–H and O–H groups in total. The molecular weight excluding hydrogens is 222 g/mol. The van der Waals surface area contributed by atoms with Gasteiger partial charge in [0.05, 0.1) is 7.11 Å². The summed E-state index contributed by atoms with van der Waals surface area (Å²) in [6.07, 6.45) is 3.75. The minimum Gasteiger partial charge on any atom is -0.496 e. The molecule has 1 aromatic carbocycles. The Hall–Kier alpha value is -1.02. The molecular formula is C16H25NO. The van der Waals surface area contributed by atoms with Gasteiger partial charge in [-0.2, -0.15) is 0 Å². The van der Waals surface area contributed by atoms with Gasteiger partial charge >= 0.3 is 0 Å². The minimum absolute atomic E-state index is 0.480. The molecule has 0 heterocycles. The zero-order valence-electron chi connectivity index (χ0n) is 12.0. The number of benzene rings is 1. The second kappa shape index (κ2) is 5.31. The van der Waals surface area contributed by atoms with Gasteiger partial charge in [0.25, 0.3) is 0 Å². The van der Waals surface area contributed by atoms with Crippen LogP contribution >= 0.6 is 0 Å². The molecule has 2 atom stereocenters. The smallest absolute Gasteiger partial charge is 0.122 e. The van der Waals surface area contributed by atoms with Gasteiger partial charge in [0, 0.05) is 12.1 Å². The molecule has 1 aliphatic carbocycles. The molecule has 2 rings (SSSR count). The lowest BCUT2D eigenvalue weighted by Gasteiger charge is -2.25. The monoisotopic (exact) mass is 247 g/mol. The van der Waals surface area contributed by atoms with Crippen LogP contribution in [-0.2, 0) is 6.42 Å². The van der Waals surface area contributed by atoms with Crippen molar-refractivity contribution in [3.8, 4) is 5.75 Å². The van der Waals surface area contributed by atoms with E-state index in [9.17, 15) is 0 Å². The Morgan fingerprint density at radius 1 is 1.28 bits per heavy atom. The largest absolute Gasteiger partial charge is 0.496 e. The SMILES string of the molecule is COc1ccccc1CC(C)NC(C)C1(C)CC1. The van der Waals surface area contributed by atoms with Crippen molar-refractivity contribution in [2.24, 2.45) is 5.41 Å². The van der Waals surface area contributed by atoms with Crippen molar-refractivity contribution in [2.75, 3.05) is 7.11 Å². The topological polar surface area (TPSA) is 21.3 Å². The predicted octanol–water partition coefficient (Wildman–Crippen LogP) is 3.40. The van der Waals surface area contributed by atoms with E-state index in [2.05, 4.69) is 38.2 Å². The van der Waals surface area contributed by atoms with Crippen molar-refractivity contribution in [3.63, 3.8) is 0 Å². The van der Waals surface area contributed by atoms with Gasteiger partial charge in [0.1, 0.15) is 5.75 Å². The van der Waals surface area contributed by atoms with Crippen LogP contribution in [0.1, 0.15) is 39.2 Å². The maximum atomic E-state index is 5.40. The van der Waals surface area contributed by atoms with Gasteiger partial charge in [-0.1, -0.05) is 25.1 Å². The van der Waals surface area contributed by atoms with Crippen molar-refractivity contribution in [2.45, 2.75) is 52.1 Å². The van der Waals surface area contributed by atoms with Crippen LogP contribution in [0.2, 0.25) is 0 Å². The Morgan fingerprint density at radius 3 is 2.56 bits per heavy atom. The third kappa shape index (κ3) is 3.05. The quantitative estimate of drug-likeness (QED) is 0.832. The van der Waals surface area contributed by atoms with Crippen molar-refractivity contribution in [3.05, 3.63) is 29.8 Å². The molecule has 0 amide bonds. The van der Waals surface area contributed by atoms with Crippen LogP contribution in [0.3, 0.4) is 0 Å². The summed E-state index contributed by atoms with van der Waals surface area (Å²) in [6, 6.07) is 9.37. The lowest BCUT2D eigenvalue weighted by molar-refractivity contribution is 0.343. The zero-order valence-corrected chi connectivity index (χ0v) is 12.0. The fourth-order valence-electron chi connectivity index (χ4n) is 2.52. The van der Waals surface area contributed by atoms with Crippen LogP contribution < -0.4 is 10.1 Å². The van der Waals surface area contributed by atoms with E-state index < -0.39 is 0 Å². The molecule has 0 bridgehead atoms. The fourth-order valence-corrected chi connectivity index (χ4v) is 2.52. The van der Waals surface area contributed by atoms with E-state index in [-0.39, 0.29) is 0 Å². The molecule has 0 saturated heterocycles. The van der Waals surface area contributed by atoms with E-state index in [1.165, 1.54) is 18.4 Å². The van der Waals surface area contributed by atoms with E-state index in [0.717, 1.165) is 12.2 Å². The van der Waals surface area contributed by atoms with Crippen molar-refractivity contribution in [1.29, 1.82) is 0 Å². The summed E-state index contributed by atoms with van der Waals surface area (Å²) < 4.78 is 5.40. The molecule has 0 spiro atoms. The Morgan fingerprint density at radius 2 is 1.94 bits per heavy atom. The predicted molar refractivity (Wildman–Crippen MR) is 76.1 cm³/mol.